The topological polar surface area (TPSA) is 78.5 Å². The highest BCUT2D eigenvalue weighted by Gasteiger charge is 2.28. The molecule has 126 valence electrons. The predicted octanol–water partition coefficient (Wildman–Crippen LogP) is 2.20. The fourth-order valence-electron chi connectivity index (χ4n) is 2.70. The van der Waals surface area contributed by atoms with E-state index in [1.807, 2.05) is 42.5 Å². The SMILES string of the molecule is O=C(NCCS(=O)(=O)N1CCc2ccccc21)Nc1ccccc1. The van der Waals surface area contributed by atoms with Crippen molar-refractivity contribution in [1.82, 2.24) is 5.32 Å². The van der Waals surface area contributed by atoms with Gasteiger partial charge in [0.2, 0.25) is 10.0 Å². The van der Waals surface area contributed by atoms with Crippen molar-refractivity contribution in [1.29, 1.82) is 0 Å². The monoisotopic (exact) mass is 345 g/mol. The standard InChI is InChI=1S/C17H19N3O3S/c21-17(19-15-7-2-1-3-8-15)18-11-13-24(22,23)20-12-10-14-6-4-5-9-16(14)20/h1-9H,10-13H2,(H2,18,19,21). The van der Waals surface area contributed by atoms with Gasteiger partial charge in [0.05, 0.1) is 11.4 Å². The Morgan fingerprint density at radius 1 is 1.04 bits per heavy atom. The molecule has 1 aliphatic heterocycles. The lowest BCUT2D eigenvalue weighted by Crippen LogP contribution is -2.38. The number of para-hydroxylation sites is 2. The summed E-state index contributed by atoms with van der Waals surface area (Å²) in [6.45, 7) is 0.511. The fraction of sp³-hybridized carbons (Fsp3) is 0.235. The number of hydrogen-bond donors (Lipinski definition) is 2. The summed E-state index contributed by atoms with van der Waals surface area (Å²) in [6.07, 6.45) is 0.720. The molecular formula is C17H19N3O3S. The van der Waals surface area contributed by atoms with E-state index in [0.29, 0.717) is 12.2 Å². The Morgan fingerprint density at radius 2 is 1.75 bits per heavy atom. The fourth-order valence-corrected chi connectivity index (χ4v) is 4.13. The first-order valence-corrected chi connectivity index (χ1v) is 9.35. The minimum atomic E-state index is -3.45. The van der Waals surface area contributed by atoms with E-state index in [1.165, 1.54) is 4.31 Å². The molecule has 0 saturated carbocycles. The molecule has 0 bridgehead atoms. The third kappa shape index (κ3) is 3.68. The Labute approximate surface area is 141 Å². The molecule has 0 unspecified atom stereocenters. The van der Waals surface area contributed by atoms with Crippen LogP contribution in [0.25, 0.3) is 0 Å². The Balaban J connectivity index is 1.54. The number of amides is 2. The maximum atomic E-state index is 12.5. The molecule has 0 spiro atoms. The van der Waals surface area contributed by atoms with Crippen LogP contribution < -0.4 is 14.9 Å². The number of carbonyl (C=O) groups excluding carboxylic acids is 1. The lowest BCUT2D eigenvalue weighted by Gasteiger charge is -2.19. The molecule has 2 aromatic carbocycles. The molecule has 3 rings (SSSR count). The lowest BCUT2D eigenvalue weighted by molar-refractivity contribution is 0.252. The van der Waals surface area contributed by atoms with E-state index >= 15 is 0 Å². The van der Waals surface area contributed by atoms with Gasteiger partial charge in [-0.3, -0.25) is 4.31 Å². The van der Waals surface area contributed by atoms with Crippen molar-refractivity contribution >= 4 is 27.4 Å². The summed E-state index contributed by atoms with van der Waals surface area (Å²) in [5.41, 5.74) is 2.44. The van der Waals surface area contributed by atoms with E-state index in [9.17, 15) is 13.2 Å². The Kier molecular flexibility index (Phi) is 4.71. The second-order valence-electron chi connectivity index (χ2n) is 5.51. The van der Waals surface area contributed by atoms with E-state index in [4.69, 9.17) is 0 Å². The smallest absolute Gasteiger partial charge is 0.319 e. The molecule has 2 N–H and O–H groups in total. The van der Waals surface area contributed by atoms with Crippen LogP contribution in [0, 0.1) is 0 Å². The molecule has 6 nitrogen and oxygen atoms in total. The number of nitrogens with zero attached hydrogens (tertiary/aromatic N) is 1. The molecule has 0 atom stereocenters. The van der Waals surface area contributed by atoms with Crippen LogP contribution in [0.2, 0.25) is 0 Å². The quantitative estimate of drug-likeness (QED) is 0.872. The van der Waals surface area contributed by atoms with Gasteiger partial charge in [0.1, 0.15) is 0 Å². The van der Waals surface area contributed by atoms with Crippen molar-refractivity contribution in [3.05, 3.63) is 60.2 Å². The van der Waals surface area contributed by atoms with Crippen LogP contribution >= 0.6 is 0 Å². The second kappa shape index (κ2) is 6.92. The van der Waals surface area contributed by atoms with Crippen LogP contribution in [0.15, 0.2) is 54.6 Å². The summed E-state index contributed by atoms with van der Waals surface area (Å²) < 4.78 is 26.4. The van der Waals surface area contributed by atoms with Crippen LogP contribution in [0.1, 0.15) is 5.56 Å². The number of hydrogen-bond acceptors (Lipinski definition) is 3. The molecular weight excluding hydrogens is 326 g/mol. The summed E-state index contributed by atoms with van der Waals surface area (Å²) in [4.78, 5) is 11.8. The molecule has 0 fully saturated rings. The van der Waals surface area contributed by atoms with E-state index < -0.39 is 16.1 Å². The number of benzene rings is 2. The van der Waals surface area contributed by atoms with Gasteiger partial charge in [-0.15, -0.1) is 0 Å². The third-order valence-corrected chi connectivity index (χ3v) is 5.63. The van der Waals surface area contributed by atoms with Gasteiger partial charge in [0.25, 0.3) is 0 Å². The van der Waals surface area contributed by atoms with Gasteiger partial charge in [-0.1, -0.05) is 36.4 Å². The van der Waals surface area contributed by atoms with Gasteiger partial charge < -0.3 is 10.6 Å². The van der Waals surface area contributed by atoms with Crippen LogP contribution in [0.5, 0.6) is 0 Å². The first-order chi connectivity index (χ1) is 11.6. The molecule has 24 heavy (non-hydrogen) atoms. The summed E-state index contributed by atoms with van der Waals surface area (Å²) >= 11 is 0. The highest BCUT2D eigenvalue weighted by Crippen LogP contribution is 2.29. The van der Waals surface area contributed by atoms with Crippen LogP contribution in [-0.4, -0.2) is 33.3 Å². The van der Waals surface area contributed by atoms with Gasteiger partial charge in [-0.25, -0.2) is 13.2 Å². The van der Waals surface area contributed by atoms with E-state index in [2.05, 4.69) is 10.6 Å². The van der Waals surface area contributed by atoms with Gasteiger partial charge in [0.15, 0.2) is 0 Å². The Hall–Kier alpha value is -2.54. The molecule has 0 radical (unpaired) electrons. The number of urea groups is 1. The van der Waals surface area contributed by atoms with Crippen molar-refractivity contribution in [2.45, 2.75) is 6.42 Å². The van der Waals surface area contributed by atoms with E-state index in [1.54, 1.807) is 12.1 Å². The third-order valence-electron chi connectivity index (χ3n) is 3.86. The highest BCUT2D eigenvalue weighted by atomic mass is 32.2. The number of carbonyl (C=O) groups is 1. The van der Waals surface area contributed by atoms with Crippen molar-refractivity contribution in [3.63, 3.8) is 0 Å². The lowest BCUT2D eigenvalue weighted by atomic mass is 10.2. The number of anilines is 2. The second-order valence-corrected chi connectivity index (χ2v) is 7.53. The Bertz CT molecular complexity index is 822. The summed E-state index contributed by atoms with van der Waals surface area (Å²) in [5, 5.41) is 5.23. The van der Waals surface area contributed by atoms with E-state index in [-0.39, 0.29) is 12.3 Å². The molecule has 1 heterocycles. The minimum Gasteiger partial charge on any atom is -0.337 e. The van der Waals surface area contributed by atoms with E-state index in [0.717, 1.165) is 17.7 Å². The Morgan fingerprint density at radius 3 is 2.54 bits per heavy atom. The summed E-state index contributed by atoms with van der Waals surface area (Å²) in [7, 11) is -3.45. The highest BCUT2D eigenvalue weighted by molar-refractivity contribution is 7.92. The first-order valence-electron chi connectivity index (χ1n) is 7.74. The van der Waals surface area contributed by atoms with Crippen molar-refractivity contribution in [3.8, 4) is 0 Å². The molecule has 1 aliphatic rings. The average Bonchev–Trinajstić information content (AvgIpc) is 3.00. The van der Waals surface area contributed by atoms with Gasteiger partial charge >= 0.3 is 6.03 Å². The summed E-state index contributed by atoms with van der Waals surface area (Å²) in [6, 6.07) is 16.1. The number of nitrogens with one attached hydrogen (secondary N) is 2. The molecule has 0 aliphatic carbocycles. The van der Waals surface area contributed by atoms with Crippen LogP contribution in [-0.2, 0) is 16.4 Å². The zero-order valence-electron chi connectivity index (χ0n) is 13.1. The maximum Gasteiger partial charge on any atom is 0.319 e. The zero-order valence-corrected chi connectivity index (χ0v) is 13.9. The molecule has 2 aromatic rings. The van der Waals surface area contributed by atoms with Crippen LogP contribution in [0.3, 0.4) is 0 Å². The normalized spacial score (nSPS) is 13.4. The largest absolute Gasteiger partial charge is 0.337 e. The molecule has 7 heteroatoms. The van der Waals surface area contributed by atoms with Gasteiger partial charge in [-0.05, 0) is 30.2 Å². The van der Waals surface area contributed by atoms with Crippen LogP contribution in [0.4, 0.5) is 16.2 Å². The van der Waals surface area contributed by atoms with Crippen molar-refractivity contribution in [2.24, 2.45) is 0 Å². The minimum absolute atomic E-state index is 0.0552. The predicted molar refractivity (Wildman–Crippen MR) is 94.7 cm³/mol. The number of fused-ring (bicyclic) bond motifs is 1. The first kappa shape index (κ1) is 16.3. The number of rotatable bonds is 5. The van der Waals surface area contributed by atoms with Crippen molar-refractivity contribution < 1.29 is 13.2 Å². The molecule has 0 aromatic heterocycles. The zero-order chi connectivity index (χ0) is 17.0. The van der Waals surface area contributed by atoms with Crippen molar-refractivity contribution in [2.75, 3.05) is 28.5 Å². The van der Waals surface area contributed by atoms with Gasteiger partial charge in [0, 0.05) is 18.8 Å². The summed E-state index contributed by atoms with van der Waals surface area (Å²) in [5.74, 6) is -0.135. The average molecular weight is 345 g/mol. The number of sulfonamides is 1. The van der Waals surface area contributed by atoms with Gasteiger partial charge in [-0.2, -0.15) is 0 Å². The molecule has 0 saturated heterocycles. The molecule has 2 amide bonds. The maximum absolute atomic E-state index is 12.5.